The molecule has 2 rings (SSSR count). The van der Waals surface area contributed by atoms with Crippen molar-refractivity contribution in [2.45, 2.75) is 32.1 Å². The fourth-order valence-electron chi connectivity index (χ4n) is 2.25. The summed E-state index contributed by atoms with van der Waals surface area (Å²) in [4.78, 5) is 14.0. The number of rotatable bonds is 5. The molecule has 0 aromatic heterocycles. The van der Waals surface area contributed by atoms with Gasteiger partial charge in [0.1, 0.15) is 5.75 Å². The third-order valence-corrected chi connectivity index (χ3v) is 3.47. The largest absolute Gasteiger partial charge is 0.435 e. The molecule has 7 heteroatoms. The number of carbonyl (C=O) groups is 1. The Morgan fingerprint density at radius 1 is 1.43 bits per heavy atom. The minimum absolute atomic E-state index is 0.0405. The van der Waals surface area contributed by atoms with E-state index in [0.717, 1.165) is 0 Å². The van der Waals surface area contributed by atoms with Crippen LogP contribution in [-0.2, 0) is 4.79 Å². The van der Waals surface area contributed by atoms with Gasteiger partial charge in [0, 0.05) is 18.8 Å². The quantitative estimate of drug-likeness (QED) is 0.868. The Labute approximate surface area is 121 Å². The van der Waals surface area contributed by atoms with E-state index >= 15 is 0 Å². The Kier molecular flexibility index (Phi) is 5.08. The highest BCUT2D eigenvalue weighted by atomic mass is 19.3. The van der Waals surface area contributed by atoms with E-state index in [0.29, 0.717) is 25.2 Å². The first kappa shape index (κ1) is 15.7. The highest BCUT2D eigenvalue weighted by Crippen LogP contribution is 2.19. The molecule has 1 aliphatic heterocycles. The van der Waals surface area contributed by atoms with Crippen molar-refractivity contribution in [3.05, 3.63) is 24.3 Å². The summed E-state index contributed by atoms with van der Waals surface area (Å²) in [7, 11) is 0. The number of aliphatic hydroxyl groups excluding tert-OH is 1. The number of hydrogen-bond acceptors (Lipinski definition) is 4. The van der Waals surface area contributed by atoms with Crippen LogP contribution < -0.4 is 10.1 Å². The second-order valence-electron chi connectivity index (χ2n) is 5.01. The van der Waals surface area contributed by atoms with Gasteiger partial charge >= 0.3 is 6.61 Å². The number of likely N-dealkylation sites (tertiary alicyclic amines) is 1. The van der Waals surface area contributed by atoms with Crippen LogP contribution in [0.15, 0.2) is 24.3 Å². The molecule has 1 amide bonds. The number of alkyl halides is 2. The van der Waals surface area contributed by atoms with Crippen LogP contribution in [0.2, 0.25) is 0 Å². The van der Waals surface area contributed by atoms with E-state index in [4.69, 9.17) is 0 Å². The fraction of sp³-hybridized carbons (Fsp3) is 0.500. The second kappa shape index (κ2) is 6.82. The van der Waals surface area contributed by atoms with E-state index in [-0.39, 0.29) is 23.8 Å². The van der Waals surface area contributed by atoms with Gasteiger partial charge in [0.05, 0.1) is 12.1 Å². The first-order valence-corrected chi connectivity index (χ1v) is 6.73. The Morgan fingerprint density at radius 2 is 2.10 bits per heavy atom. The average molecular weight is 300 g/mol. The van der Waals surface area contributed by atoms with E-state index in [1.54, 1.807) is 6.92 Å². The molecule has 0 radical (unpaired) electrons. The molecular weight excluding hydrogens is 282 g/mol. The number of carbonyl (C=O) groups excluding carboxylic acids is 1. The van der Waals surface area contributed by atoms with Crippen molar-refractivity contribution in [3.8, 4) is 5.75 Å². The van der Waals surface area contributed by atoms with E-state index in [1.165, 1.54) is 24.3 Å². The first-order chi connectivity index (χ1) is 9.95. The number of ether oxygens (including phenoxy) is 1. The molecule has 0 aliphatic carbocycles. The molecule has 116 valence electrons. The molecule has 1 aromatic rings. The highest BCUT2D eigenvalue weighted by molar-refractivity contribution is 5.94. The highest BCUT2D eigenvalue weighted by Gasteiger charge is 2.28. The number of halogens is 2. The van der Waals surface area contributed by atoms with Gasteiger partial charge in [-0.1, -0.05) is 0 Å². The molecule has 1 aliphatic rings. The van der Waals surface area contributed by atoms with Gasteiger partial charge in [-0.25, -0.2) is 0 Å². The van der Waals surface area contributed by atoms with Crippen LogP contribution in [0.1, 0.15) is 13.3 Å². The van der Waals surface area contributed by atoms with Crippen LogP contribution in [0, 0.1) is 0 Å². The van der Waals surface area contributed by atoms with Crippen LogP contribution in [0.4, 0.5) is 14.5 Å². The second-order valence-corrected chi connectivity index (χ2v) is 5.01. The van der Waals surface area contributed by atoms with E-state index < -0.39 is 6.61 Å². The lowest BCUT2D eigenvalue weighted by Gasteiger charge is -2.22. The van der Waals surface area contributed by atoms with Crippen LogP contribution in [0.25, 0.3) is 0 Å². The topological polar surface area (TPSA) is 61.8 Å². The molecule has 0 spiro atoms. The van der Waals surface area contributed by atoms with Gasteiger partial charge in [0.25, 0.3) is 0 Å². The molecule has 21 heavy (non-hydrogen) atoms. The summed E-state index contributed by atoms with van der Waals surface area (Å²) >= 11 is 0. The lowest BCUT2D eigenvalue weighted by molar-refractivity contribution is -0.120. The van der Waals surface area contributed by atoms with Gasteiger partial charge in [0.2, 0.25) is 5.91 Å². The number of amides is 1. The Morgan fingerprint density at radius 3 is 2.62 bits per heavy atom. The minimum atomic E-state index is -2.87. The Bertz CT molecular complexity index is 482. The predicted octanol–water partition coefficient (Wildman–Crippen LogP) is 1.68. The van der Waals surface area contributed by atoms with Gasteiger partial charge < -0.3 is 15.2 Å². The Balaban J connectivity index is 1.90. The standard InChI is InChI=1S/C14H18F2N2O3/c1-9(18-7-6-11(19)8-18)13(20)17-10-2-4-12(5-3-10)21-14(15)16/h2-5,9,11,14,19H,6-8H2,1H3,(H,17,20)/t9?,11-/m1/s1. The summed E-state index contributed by atoms with van der Waals surface area (Å²) in [6.07, 6.45) is 0.281. The molecule has 1 saturated heterocycles. The van der Waals surface area contributed by atoms with Crippen LogP contribution in [-0.4, -0.2) is 47.8 Å². The smallest absolute Gasteiger partial charge is 0.387 e. The molecule has 1 aromatic carbocycles. The maximum absolute atomic E-state index is 12.1. The van der Waals surface area contributed by atoms with Crippen molar-refractivity contribution in [2.75, 3.05) is 18.4 Å². The van der Waals surface area contributed by atoms with Crippen molar-refractivity contribution in [1.82, 2.24) is 4.90 Å². The third kappa shape index (κ3) is 4.37. The first-order valence-electron chi connectivity index (χ1n) is 6.73. The van der Waals surface area contributed by atoms with Crippen LogP contribution in [0.5, 0.6) is 5.75 Å². The van der Waals surface area contributed by atoms with Gasteiger partial charge in [-0.2, -0.15) is 8.78 Å². The van der Waals surface area contributed by atoms with Crippen molar-refractivity contribution >= 4 is 11.6 Å². The van der Waals surface area contributed by atoms with Crippen molar-refractivity contribution in [3.63, 3.8) is 0 Å². The van der Waals surface area contributed by atoms with Gasteiger partial charge in [-0.05, 0) is 37.6 Å². The van der Waals surface area contributed by atoms with Crippen LogP contribution in [0.3, 0.4) is 0 Å². The number of hydrogen-bond donors (Lipinski definition) is 2. The van der Waals surface area contributed by atoms with E-state index in [2.05, 4.69) is 10.1 Å². The number of aliphatic hydroxyl groups is 1. The number of β-amino-alcohol motifs (C(OH)–C–C–N with tert-alkyl or cyclic N) is 1. The zero-order chi connectivity index (χ0) is 15.4. The molecule has 0 bridgehead atoms. The molecule has 2 N–H and O–H groups in total. The summed E-state index contributed by atoms with van der Waals surface area (Å²) in [5.74, 6) is -0.162. The van der Waals surface area contributed by atoms with Gasteiger partial charge in [-0.3, -0.25) is 9.69 Å². The average Bonchev–Trinajstić information content (AvgIpc) is 2.86. The number of nitrogens with one attached hydrogen (secondary N) is 1. The maximum Gasteiger partial charge on any atom is 0.387 e. The monoisotopic (exact) mass is 300 g/mol. The maximum atomic E-state index is 12.1. The fourth-order valence-corrected chi connectivity index (χ4v) is 2.25. The normalized spacial score (nSPS) is 20.5. The molecular formula is C14H18F2N2O3. The van der Waals surface area contributed by atoms with Gasteiger partial charge in [0.15, 0.2) is 0 Å². The van der Waals surface area contributed by atoms with Crippen LogP contribution >= 0.6 is 0 Å². The van der Waals surface area contributed by atoms with E-state index in [9.17, 15) is 18.7 Å². The summed E-state index contributed by atoms with van der Waals surface area (Å²) < 4.78 is 28.3. The summed E-state index contributed by atoms with van der Waals surface area (Å²) in [5.41, 5.74) is 0.508. The predicted molar refractivity (Wildman–Crippen MR) is 73.4 cm³/mol. The van der Waals surface area contributed by atoms with Gasteiger partial charge in [-0.15, -0.1) is 0 Å². The molecule has 2 atom stereocenters. The lowest BCUT2D eigenvalue weighted by atomic mass is 10.2. The Hall–Kier alpha value is -1.73. The van der Waals surface area contributed by atoms with Crippen molar-refractivity contribution in [1.29, 1.82) is 0 Å². The molecule has 0 saturated carbocycles. The summed E-state index contributed by atoms with van der Waals surface area (Å²) in [6, 6.07) is 5.37. The minimum Gasteiger partial charge on any atom is -0.435 e. The summed E-state index contributed by atoms with van der Waals surface area (Å²) in [6.45, 7) is 0.0565. The molecule has 1 heterocycles. The molecule has 1 fully saturated rings. The number of nitrogens with zero attached hydrogens (tertiary/aromatic N) is 1. The number of anilines is 1. The van der Waals surface area contributed by atoms with Crippen molar-refractivity contribution < 1.29 is 23.4 Å². The lowest BCUT2D eigenvalue weighted by Crippen LogP contribution is -2.41. The van der Waals surface area contributed by atoms with Crippen molar-refractivity contribution in [2.24, 2.45) is 0 Å². The zero-order valence-electron chi connectivity index (χ0n) is 11.6. The molecule has 1 unspecified atom stereocenters. The van der Waals surface area contributed by atoms with E-state index in [1.807, 2.05) is 4.90 Å². The third-order valence-electron chi connectivity index (χ3n) is 3.47. The SMILES string of the molecule is CC(C(=O)Nc1ccc(OC(F)F)cc1)N1CC[C@@H](O)C1. The number of benzene rings is 1. The zero-order valence-corrected chi connectivity index (χ0v) is 11.6. The summed E-state index contributed by atoms with van der Waals surface area (Å²) in [5, 5.41) is 12.2. The molecule has 5 nitrogen and oxygen atoms in total.